The molecule has 3 aromatic carbocycles. The van der Waals surface area contributed by atoms with Crippen molar-refractivity contribution in [1.82, 2.24) is 0 Å². The monoisotopic (exact) mass is 511 g/mol. The molecule has 4 aromatic rings. The number of carbonyl (C=O) groups excluding carboxylic acids is 1. The van der Waals surface area contributed by atoms with Gasteiger partial charge in [-0.15, -0.1) is 0 Å². The minimum atomic E-state index is -1.02. The van der Waals surface area contributed by atoms with Gasteiger partial charge >= 0.3 is 0 Å². The maximum Gasteiger partial charge on any atom is 0.265 e. The molecule has 0 aliphatic carbocycles. The molecule has 6 nitrogen and oxygen atoms in total. The molecule has 1 unspecified atom stereocenters. The zero-order chi connectivity index (χ0) is 25.3. The lowest BCUT2D eigenvalue weighted by Crippen LogP contribution is -2.31. The second kappa shape index (κ2) is 10.0. The Morgan fingerprint density at radius 3 is 2.31 bits per heavy atom. The summed E-state index contributed by atoms with van der Waals surface area (Å²) in [6, 6.07) is 15.4. The Bertz CT molecular complexity index is 1480. The molecule has 0 aliphatic rings. The van der Waals surface area contributed by atoms with Crippen molar-refractivity contribution in [3.63, 3.8) is 0 Å². The van der Waals surface area contributed by atoms with E-state index in [-0.39, 0.29) is 16.9 Å². The number of halogens is 2. The van der Waals surface area contributed by atoms with Crippen LogP contribution in [-0.2, 0) is 4.79 Å². The van der Waals surface area contributed by atoms with E-state index in [0.717, 1.165) is 11.1 Å². The predicted octanol–water partition coefficient (Wildman–Crippen LogP) is 6.80. The standard InChI is InChI=1S/C27H23Cl2NO5/c1-14-5-8-18(12-21(14)28)30-27(32)16(3)34-26-24(31)20-13-22(29)15(2)11-23(20)35-25(26)17-6-9-19(33-4)10-7-17/h5-13,16H,1-4H3,(H,30,32). The topological polar surface area (TPSA) is 77.8 Å². The Hall–Kier alpha value is -3.48. The van der Waals surface area contributed by atoms with Crippen LogP contribution in [0.4, 0.5) is 5.69 Å². The van der Waals surface area contributed by atoms with Gasteiger partial charge < -0.3 is 19.2 Å². The Morgan fingerprint density at radius 1 is 0.971 bits per heavy atom. The molecule has 0 saturated heterocycles. The van der Waals surface area contributed by atoms with Crippen molar-refractivity contribution in [2.75, 3.05) is 12.4 Å². The number of benzene rings is 3. The SMILES string of the molecule is COc1ccc(-c2oc3cc(C)c(Cl)cc3c(=O)c2OC(C)C(=O)Nc2ccc(C)c(Cl)c2)cc1. The van der Waals surface area contributed by atoms with E-state index in [1.54, 1.807) is 68.6 Å². The van der Waals surface area contributed by atoms with Crippen molar-refractivity contribution in [1.29, 1.82) is 0 Å². The summed E-state index contributed by atoms with van der Waals surface area (Å²) in [7, 11) is 1.56. The molecule has 1 heterocycles. The maximum absolute atomic E-state index is 13.5. The Balaban J connectivity index is 1.75. The Labute approximate surface area is 212 Å². The van der Waals surface area contributed by atoms with Crippen LogP contribution in [0.15, 0.2) is 63.8 Å². The quantitative estimate of drug-likeness (QED) is 0.308. The summed E-state index contributed by atoms with van der Waals surface area (Å²) in [5, 5.41) is 3.97. The van der Waals surface area contributed by atoms with Crippen LogP contribution in [0.2, 0.25) is 10.0 Å². The van der Waals surface area contributed by atoms with Gasteiger partial charge in [0.1, 0.15) is 11.3 Å². The first-order chi connectivity index (χ1) is 16.7. The van der Waals surface area contributed by atoms with Crippen LogP contribution in [0.1, 0.15) is 18.1 Å². The van der Waals surface area contributed by atoms with Crippen LogP contribution in [0.5, 0.6) is 11.5 Å². The lowest BCUT2D eigenvalue weighted by atomic mass is 10.1. The van der Waals surface area contributed by atoms with Gasteiger partial charge in [0.15, 0.2) is 11.9 Å². The van der Waals surface area contributed by atoms with Crippen molar-refractivity contribution in [2.24, 2.45) is 0 Å². The first-order valence-corrected chi connectivity index (χ1v) is 11.6. The fourth-order valence-corrected chi connectivity index (χ4v) is 3.83. The van der Waals surface area contributed by atoms with E-state index in [0.29, 0.717) is 32.6 Å². The van der Waals surface area contributed by atoms with Crippen molar-refractivity contribution >= 4 is 45.8 Å². The van der Waals surface area contributed by atoms with E-state index in [9.17, 15) is 9.59 Å². The number of carbonyl (C=O) groups is 1. The summed E-state index contributed by atoms with van der Waals surface area (Å²) in [6.07, 6.45) is -1.02. The molecule has 35 heavy (non-hydrogen) atoms. The molecule has 0 spiro atoms. The molecule has 0 radical (unpaired) electrons. The summed E-state index contributed by atoms with van der Waals surface area (Å²) in [4.78, 5) is 26.4. The molecule has 180 valence electrons. The van der Waals surface area contributed by atoms with Crippen LogP contribution >= 0.6 is 23.2 Å². The van der Waals surface area contributed by atoms with E-state index in [1.807, 2.05) is 13.8 Å². The van der Waals surface area contributed by atoms with Gasteiger partial charge in [0.2, 0.25) is 11.2 Å². The lowest BCUT2D eigenvalue weighted by molar-refractivity contribution is -0.122. The molecular formula is C27H23Cl2NO5. The minimum absolute atomic E-state index is 0.0906. The fraction of sp³-hybridized carbons (Fsp3) is 0.185. The number of hydrogen-bond donors (Lipinski definition) is 1. The molecule has 0 aliphatic heterocycles. The highest BCUT2D eigenvalue weighted by atomic mass is 35.5. The number of methoxy groups -OCH3 is 1. The summed E-state index contributed by atoms with van der Waals surface area (Å²) in [5.41, 5.74) is 2.69. The van der Waals surface area contributed by atoms with Gasteiger partial charge in [-0.3, -0.25) is 9.59 Å². The highest BCUT2D eigenvalue weighted by Gasteiger charge is 2.24. The number of nitrogens with one attached hydrogen (secondary N) is 1. The van der Waals surface area contributed by atoms with E-state index in [4.69, 9.17) is 37.1 Å². The van der Waals surface area contributed by atoms with Gasteiger partial charge in [-0.2, -0.15) is 0 Å². The van der Waals surface area contributed by atoms with Gasteiger partial charge in [-0.1, -0.05) is 29.3 Å². The summed E-state index contributed by atoms with van der Waals surface area (Å²) >= 11 is 12.4. The van der Waals surface area contributed by atoms with Gasteiger partial charge in [-0.25, -0.2) is 0 Å². The Morgan fingerprint density at radius 2 is 1.66 bits per heavy atom. The van der Waals surface area contributed by atoms with Gasteiger partial charge in [-0.05, 0) is 80.4 Å². The Kier molecular flexibility index (Phi) is 7.05. The molecule has 0 bridgehead atoms. The third-order valence-electron chi connectivity index (χ3n) is 5.59. The largest absolute Gasteiger partial charge is 0.497 e. The highest BCUT2D eigenvalue weighted by Crippen LogP contribution is 2.34. The summed E-state index contributed by atoms with van der Waals surface area (Å²) in [5.74, 6) is 0.301. The molecular weight excluding hydrogens is 489 g/mol. The highest BCUT2D eigenvalue weighted by molar-refractivity contribution is 6.32. The van der Waals surface area contributed by atoms with Crippen LogP contribution in [0, 0.1) is 13.8 Å². The summed E-state index contributed by atoms with van der Waals surface area (Å²) in [6.45, 7) is 5.24. The number of fused-ring (bicyclic) bond motifs is 1. The first kappa shape index (κ1) is 24.6. The van der Waals surface area contributed by atoms with E-state index < -0.39 is 17.4 Å². The van der Waals surface area contributed by atoms with E-state index in [2.05, 4.69) is 5.32 Å². The van der Waals surface area contributed by atoms with Gasteiger partial charge in [0.25, 0.3) is 5.91 Å². The number of amides is 1. The molecule has 1 N–H and O–H groups in total. The van der Waals surface area contributed by atoms with Crippen molar-refractivity contribution < 1.29 is 18.7 Å². The average Bonchev–Trinajstić information content (AvgIpc) is 2.84. The van der Waals surface area contributed by atoms with Crippen LogP contribution < -0.4 is 20.2 Å². The third kappa shape index (κ3) is 5.14. The first-order valence-electron chi connectivity index (χ1n) is 10.8. The molecule has 0 saturated carbocycles. The molecule has 1 aromatic heterocycles. The number of aryl methyl sites for hydroxylation is 2. The lowest BCUT2D eigenvalue weighted by Gasteiger charge is -2.17. The van der Waals surface area contributed by atoms with E-state index in [1.165, 1.54) is 0 Å². The zero-order valence-corrected chi connectivity index (χ0v) is 21.1. The van der Waals surface area contributed by atoms with Crippen molar-refractivity contribution in [2.45, 2.75) is 26.9 Å². The normalized spacial score (nSPS) is 11.8. The number of rotatable bonds is 6. The fourth-order valence-electron chi connectivity index (χ4n) is 3.48. The van der Waals surface area contributed by atoms with Crippen LogP contribution in [0.3, 0.4) is 0 Å². The zero-order valence-electron chi connectivity index (χ0n) is 19.6. The average molecular weight is 512 g/mol. The number of hydrogen-bond acceptors (Lipinski definition) is 5. The molecule has 4 rings (SSSR count). The van der Waals surface area contributed by atoms with Crippen molar-refractivity contribution in [3.05, 3.63) is 86.0 Å². The smallest absolute Gasteiger partial charge is 0.265 e. The second-order valence-corrected chi connectivity index (χ2v) is 8.94. The van der Waals surface area contributed by atoms with Gasteiger partial charge in [0, 0.05) is 21.3 Å². The third-order valence-corrected chi connectivity index (χ3v) is 6.40. The molecule has 1 amide bonds. The van der Waals surface area contributed by atoms with Crippen LogP contribution in [-0.4, -0.2) is 19.1 Å². The van der Waals surface area contributed by atoms with Gasteiger partial charge in [0.05, 0.1) is 12.5 Å². The number of anilines is 1. The molecule has 0 fully saturated rings. The second-order valence-electron chi connectivity index (χ2n) is 8.13. The molecule has 8 heteroatoms. The minimum Gasteiger partial charge on any atom is -0.497 e. The molecule has 1 atom stereocenters. The summed E-state index contributed by atoms with van der Waals surface area (Å²) < 4.78 is 17.3. The maximum atomic E-state index is 13.5. The van der Waals surface area contributed by atoms with E-state index >= 15 is 0 Å². The van der Waals surface area contributed by atoms with Crippen molar-refractivity contribution in [3.8, 4) is 22.8 Å². The number of ether oxygens (including phenoxy) is 2. The van der Waals surface area contributed by atoms with Crippen LogP contribution in [0.25, 0.3) is 22.3 Å². The predicted molar refractivity (Wildman–Crippen MR) is 139 cm³/mol.